The molecule has 0 aliphatic carbocycles. The van der Waals surface area contributed by atoms with Gasteiger partial charge in [-0.2, -0.15) is 13.2 Å². The first kappa shape index (κ1) is 15.3. The summed E-state index contributed by atoms with van der Waals surface area (Å²) in [7, 11) is 1.00. The molecule has 106 valence electrons. The highest BCUT2D eigenvalue weighted by molar-refractivity contribution is 5.72. The van der Waals surface area contributed by atoms with E-state index in [4.69, 9.17) is 0 Å². The van der Waals surface area contributed by atoms with Gasteiger partial charge in [-0.15, -0.1) is 0 Å². The van der Waals surface area contributed by atoms with Crippen molar-refractivity contribution in [2.75, 3.05) is 7.11 Å². The number of rotatable bonds is 3. The van der Waals surface area contributed by atoms with Crippen molar-refractivity contribution in [3.63, 3.8) is 0 Å². The van der Waals surface area contributed by atoms with Crippen molar-refractivity contribution in [1.29, 1.82) is 0 Å². The Kier molecular flexibility index (Phi) is 4.43. The lowest BCUT2D eigenvalue weighted by molar-refractivity contribution is -0.141. The molecule has 0 saturated heterocycles. The van der Waals surface area contributed by atoms with Gasteiger partial charge in [0.15, 0.2) is 0 Å². The highest BCUT2D eigenvalue weighted by Crippen LogP contribution is 2.38. The topological polar surface area (TPSA) is 39.2 Å². The summed E-state index contributed by atoms with van der Waals surface area (Å²) in [6.07, 6.45) is -9.06. The molecule has 0 amide bonds. The zero-order valence-corrected chi connectivity index (χ0v) is 10.0. The molecule has 0 unspecified atom stereocenters. The van der Waals surface area contributed by atoms with Gasteiger partial charge in [-0.3, -0.25) is 9.78 Å². The number of aromatic nitrogens is 1. The molecule has 0 radical (unpaired) electrons. The quantitative estimate of drug-likeness (QED) is 0.632. The third-order valence-corrected chi connectivity index (χ3v) is 2.33. The van der Waals surface area contributed by atoms with E-state index >= 15 is 0 Å². The van der Waals surface area contributed by atoms with Crippen molar-refractivity contribution < 1.29 is 31.5 Å². The largest absolute Gasteiger partial charge is 0.469 e. The van der Waals surface area contributed by atoms with Crippen molar-refractivity contribution >= 4 is 5.97 Å². The Morgan fingerprint density at radius 2 is 2.00 bits per heavy atom. The van der Waals surface area contributed by atoms with Crippen LogP contribution in [-0.4, -0.2) is 18.1 Å². The molecule has 0 aliphatic rings. The number of methoxy groups -OCH3 is 1. The van der Waals surface area contributed by atoms with Crippen LogP contribution in [-0.2, 0) is 22.1 Å². The van der Waals surface area contributed by atoms with E-state index < -0.39 is 41.8 Å². The van der Waals surface area contributed by atoms with Crippen LogP contribution < -0.4 is 0 Å². The van der Waals surface area contributed by atoms with Gasteiger partial charge in [0.25, 0.3) is 6.43 Å². The standard InChI is InChI=1S/C11H10F5NO2/c1-5-3-6(11(14,15)16)9(10(12)13)7(17-5)4-8(18)19-2/h3,10H,4H2,1-2H3. The molecular weight excluding hydrogens is 273 g/mol. The molecule has 1 aromatic heterocycles. The zero-order chi connectivity index (χ0) is 14.8. The summed E-state index contributed by atoms with van der Waals surface area (Å²) in [6, 6.07) is 0.530. The lowest BCUT2D eigenvalue weighted by atomic mass is 10.0. The Bertz CT molecular complexity index is 485. The summed E-state index contributed by atoms with van der Waals surface area (Å²) in [5.74, 6) is -0.937. The summed E-state index contributed by atoms with van der Waals surface area (Å²) in [5.41, 5.74) is -3.47. The molecule has 0 saturated carbocycles. The molecule has 0 atom stereocenters. The Morgan fingerprint density at radius 1 is 1.42 bits per heavy atom. The number of halogens is 5. The van der Waals surface area contributed by atoms with Crippen LogP contribution in [0.3, 0.4) is 0 Å². The van der Waals surface area contributed by atoms with Crippen LogP contribution in [0.2, 0.25) is 0 Å². The molecule has 8 heteroatoms. The normalized spacial score (nSPS) is 11.8. The molecule has 3 nitrogen and oxygen atoms in total. The highest BCUT2D eigenvalue weighted by atomic mass is 19.4. The smallest absolute Gasteiger partial charge is 0.417 e. The summed E-state index contributed by atoms with van der Waals surface area (Å²) < 4.78 is 68.0. The zero-order valence-electron chi connectivity index (χ0n) is 10.0. The van der Waals surface area contributed by atoms with Crippen LogP contribution in [0.4, 0.5) is 22.0 Å². The average Bonchev–Trinajstić information content (AvgIpc) is 2.26. The molecule has 0 aromatic carbocycles. The number of carbonyl (C=O) groups excluding carboxylic acids is 1. The third kappa shape index (κ3) is 3.62. The number of aryl methyl sites for hydroxylation is 1. The maximum Gasteiger partial charge on any atom is 0.417 e. The van der Waals surface area contributed by atoms with E-state index in [1.165, 1.54) is 6.92 Å². The van der Waals surface area contributed by atoms with Crippen molar-refractivity contribution in [3.8, 4) is 0 Å². The van der Waals surface area contributed by atoms with Gasteiger partial charge in [0.1, 0.15) is 0 Å². The van der Waals surface area contributed by atoms with E-state index in [2.05, 4.69) is 9.72 Å². The molecule has 0 aliphatic heterocycles. The van der Waals surface area contributed by atoms with Gasteiger partial charge in [-0.1, -0.05) is 0 Å². The second-order valence-corrected chi connectivity index (χ2v) is 3.72. The number of hydrogen-bond donors (Lipinski definition) is 0. The Hall–Kier alpha value is -1.73. The summed E-state index contributed by atoms with van der Waals surface area (Å²) in [5, 5.41) is 0. The number of alkyl halides is 5. The Morgan fingerprint density at radius 3 is 2.42 bits per heavy atom. The molecule has 1 rings (SSSR count). The van der Waals surface area contributed by atoms with E-state index in [0.717, 1.165) is 7.11 Å². The van der Waals surface area contributed by atoms with Gasteiger partial charge in [0.05, 0.1) is 30.4 Å². The second-order valence-electron chi connectivity index (χ2n) is 3.72. The van der Waals surface area contributed by atoms with Crippen LogP contribution in [0, 0.1) is 6.92 Å². The summed E-state index contributed by atoms with van der Waals surface area (Å²) in [6.45, 7) is 1.23. The lowest BCUT2D eigenvalue weighted by Gasteiger charge is -2.16. The lowest BCUT2D eigenvalue weighted by Crippen LogP contribution is -2.17. The molecule has 0 bridgehead atoms. The Labute approximate surface area is 105 Å². The highest BCUT2D eigenvalue weighted by Gasteiger charge is 2.38. The minimum Gasteiger partial charge on any atom is -0.469 e. The van der Waals surface area contributed by atoms with Crippen LogP contribution in [0.25, 0.3) is 0 Å². The number of nitrogens with zero attached hydrogens (tertiary/aromatic N) is 1. The third-order valence-electron chi connectivity index (χ3n) is 2.33. The maximum atomic E-state index is 12.8. The van der Waals surface area contributed by atoms with Gasteiger partial charge in [0.2, 0.25) is 0 Å². The fourth-order valence-electron chi connectivity index (χ4n) is 1.57. The monoisotopic (exact) mass is 283 g/mol. The number of hydrogen-bond acceptors (Lipinski definition) is 3. The number of carbonyl (C=O) groups is 1. The first-order chi connectivity index (χ1) is 8.66. The minimum atomic E-state index is -4.94. The predicted octanol–water partition coefficient (Wildman–Crippen LogP) is 3.06. The van der Waals surface area contributed by atoms with Gasteiger partial charge in [0, 0.05) is 5.69 Å². The minimum absolute atomic E-state index is 0.101. The van der Waals surface area contributed by atoms with E-state index in [1.54, 1.807) is 0 Å². The summed E-state index contributed by atoms with van der Waals surface area (Å²) >= 11 is 0. The average molecular weight is 283 g/mol. The van der Waals surface area contributed by atoms with E-state index in [9.17, 15) is 26.7 Å². The molecule has 0 spiro atoms. The van der Waals surface area contributed by atoms with Crippen LogP contribution in [0.1, 0.15) is 28.9 Å². The maximum absolute atomic E-state index is 12.8. The van der Waals surface area contributed by atoms with Crippen LogP contribution in [0.5, 0.6) is 0 Å². The first-order valence-electron chi connectivity index (χ1n) is 5.09. The Balaban J connectivity index is 3.45. The SMILES string of the molecule is COC(=O)Cc1nc(C)cc(C(F)(F)F)c1C(F)F. The summed E-state index contributed by atoms with van der Waals surface area (Å²) in [4.78, 5) is 14.6. The number of esters is 1. The number of ether oxygens (including phenoxy) is 1. The number of pyridine rings is 1. The predicted molar refractivity (Wildman–Crippen MR) is 54.7 cm³/mol. The molecule has 19 heavy (non-hydrogen) atoms. The van der Waals surface area contributed by atoms with Gasteiger partial charge in [-0.05, 0) is 13.0 Å². The first-order valence-corrected chi connectivity index (χ1v) is 5.09. The van der Waals surface area contributed by atoms with Gasteiger partial charge >= 0.3 is 12.1 Å². The molecule has 1 aromatic rings. The fraction of sp³-hybridized carbons (Fsp3) is 0.455. The molecule has 1 heterocycles. The molecule has 0 N–H and O–H groups in total. The molecule has 0 fully saturated rings. The van der Waals surface area contributed by atoms with E-state index in [0.29, 0.717) is 6.07 Å². The van der Waals surface area contributed by atoms with Crippen LogP contribution >= 0.6 is 0 Å². The van der Waals surface area contributed by atoms with Gasteiger partial charge < -0.3 is 4.74 Å². The van der Waals surface area contributed by atoms with E-state index in [-0.39, 0.29) is 5.69 Å². The van der Waals surface area contributed by atoms with Crippen molar-refractivity contribution in [3.05, 3.63) is 28.6 Å². The second kappa shape index (κ2) is 5.50. The van der Waals surface area contributed by atoms with Gasteiger partial charge in [-0.25, -0.2) is 8.78 Å². The van der Waals surface area contributed by atoms with Crippen molar-refractivity contribution in [2.45, 2.75) is 25.9 Å². The van der Waals surface area contributed by atoms with E-state index in [1.807, 2.05) is 0 Å². The van der Waals surface area contributed by atoms with Crippen LogP contribution in [0.15, 0.2) is 6.07 Å². The molecular formula is C11H10F5NO2. The fourth-order valence-corrected chi connectivity index (χ4v) is 1.57. The van der Waals surface area contributed by atoms with Crippen molar-refractivity contribution in [1.82, 2.24) is 4.98 Å². The van der Waals surface area contributed by atoms with Crippen molar-refractivity contribution in [2.24, 2.45) is 0 Å².